The number of likely N-dealkylation sites (N-methyl/N-ethyl adjacent to an activating group) is 1. The maximum atomic E-state index is 11.8. The highest BCUT2D eigenvalue weighted by Crippen LogP contribution is 2.22. The van der Waals surface area contributed by atoms with Gasteiger partial charge in [-0.05, 0) is 39.7 Å². The number of hydrogen-bond acceptors (Lipinski definition) is 5. The minimum absolute atomic E-state index is 0.0984. The second-order valence-corrected chi connectivity index (χ2v) is 4.52. The highest BCUT2D eigenvalue weighted by atomic mass is 16.6. The molecule has 0 atom stereocenters. The molecular formula is C13H20N4O3. The van der Waals surface area contributed by atoms with Crippen molar-refractivity contribution in [2.45, 2.75) is 6.42 Å². The van der Waals surface area contributed by atoms with Crippen LogP contribution in [0.15, 0.2) is 24.3 Å². The standard InChI is InChI=1S/C13H20N4O3/c1-14-8-5-9-16(2)10-13(18)15-11-6-3-4-7-12(11)17(19)20/h3-4,6-7,14H,5,8-10H2,1-2H3,(H,15,18). The molecule has 0 aliphatic heterocycles. The fourth-order valence-corrected chi connectivity index (χ4v) is 1.78. The molecule has 110 valence electrons. The van der Waals surface area contributed by atoms with Crippen LogP contribution in [0, 0.1) is 10.1 Å². The van der Waals surface area contributed by atoms with Crippen molar-refractivity contribution in [2.75, 3.05) is 39.0 Å². The molecule has 2 N–H and O–H groups in total. The van der Waals surface area contributed by atoms with E-state index in [0.717, 1.165) is 19.5 Å². The van der Waals surface area contributed by atoms with E-state index in [1.807, 2.05) is 19.0 Å². The number of nitro benzene ring substituents is 1. The maximum Gasteiger partial charge on any atom is 0.292 e. The number of rotatable bonds is 8. The van der Waals surface area contributed by atoms with Gasteiger partial charge in [-0.3, -0.25) is 19.8 Å². The molecule has 1 amide bonds. The molecule has 0 unspecified atom stereocenters. The van der Waals surface area contributed by atoms with E-state index in [9.17, 15) is 14.9 Å². The van der Waals surface area contributed by atoms with E-state index < -0.39 is 4.92 Å². The number of benzene rings is 1. The van der Waals surface area contributed by atoms with Gasteiger partial charge in [0.1, 0.15) is 5.69 Å². The summed E-state index contributed by atoms with van der Waals surface area (Å²) < 4.78 is 0. The van der Waals surface area contributed by atoms with Crippen LogP contribution in [0.1, 0.15) is 6.42 Å². The van der Waals surface area contributed by atoms with E-state index in [-0.39, 0.29) is 23.8 Å². The van der Waals surface area contributed by atoms with Crippen LogP contribution in [-0.2, 0) is 4.79 Å². The Kier molecular flexibility index (Phi) is 6.61. The van der Waals surface area contributed by atoms with Crippen molar-refractivity contribution in [3.63, 3.8) is 0 Å². The van der Waals surface area contributed by atoms with Crippen LogP contribution in [0.4, 0.5) is 11.4 Å². The van der Waals surface area contributed by atoms with Crippen LogP contribution in [0.3, 0.4) is 0 Å². The highest BCUT2D eigenvalue weighted by molar-refractivity contribution is 5.94. The summed E-state index contributed by atoms with van der Waals surface area (Å²) in [5.41, 5.74) is 0.129. The summed E-state index contributed by atoms with van der Waals surface area (Å²) in [5, 5.41) is 16.4. The molecule has 0 aliphatic carbocycles. The zero-order valence-corrected chi connectivity index (χ0v) is 11.8. The van der Waals surface area contributed by atoms with Gasteiger partial charge in [0.2, 0.25) is 5.91 Å². The molecule has 0 saturated carbocycles. The first-order valence-corrected chi connectivity index (χ1v) is 6.41. The first-order valence-electron chi connectivity index (χ1n) is 6.41. The summed E-state index contributed by atoms with van der Waals surface area (Å²) in [7, 11) is 3.72. The van der Waals surface area contributed by atoms with Crippen molar-refractivity contribution >= 4 is 17.3 Å². The lowest BCUT2D eigenvalue weighted by atomic mass is 10.2. The third-order valence-corrected chi connectivity index (χ3v) is 2.75. The van der Waals surface area contributed by atoms with E-state index in [4.69, 9.17) is 0 Å². The van der Waals surface area contributed by atoms with E-state index in [2.05, 4.69) is 10.6 Å². The molecule has 1 aromatic carbocycles. The Bertz CT molecular complexity index is 465. The Hall–Kier alpha value is -1.99. The van der Waals surface area contributed by atoms with E-state index in [0.29, 0.717) is 0 Å². The summed E-state index contributed by atoms with van der Waals surface area (Å²) in [6.45, 7) is 1.87. The topological polar surface area (TPSA) is 87.5 Å². The lowest BCUT2D eigenvalue weighted by molar-refractivity contribution is -0.383. The molecule has 0 fully saturated rings. The third kappa shape index (κ3) is 5.33. The fraction of sp³-hybridized carbons (Fsp3) is 0.462. The summed E-state index contributed by atoms with van der Waals surface area (Å²) in [5.74, 6) is -0.258. The molecule has 0 spiro atoms. The molecule has 7 heteroatoms. The van der Waals surface area contributed by atoms with Crippen LogP contribution in [0.25, 0.3) is 0 Å². The second-order valence-electron chi connectivity index (χ2n) is 4.52. The highest BCUT2D eigenvalue weighted by Gasteiger charge is 2.15. The van der Waals surface area contributed by atoms with Crippen molar-refractivity contribution in [1.82, 2.24) is 10.2 Å². The zero-order chi connectivity index (χ0) is 15.0. The average Bonchev–Trinajstić information content (AvgIpc) is 2.39. The first kappa shape index (κ1) is 16.1. The number of nitrogens with one attached hydrogen (secondary N) is 2. The van der Waals surface area contributed by atoms with Crippen LogP contribution in [0.2, 0.25) is 0 Å². The number of para-hydroxylation sites is 2. The van der Waals surface area contributed by atoms with Gasteiger partial charge in [0.15, 0.2) is 0 Å². The summed E-state index contributed by atoms with van der Waals surface area (Å²) >= 11 is 0. The predicted molar refractivity (Wildman–Crippen MR) is 77.8 cm³/mol. The van der Waals surface area contributed by atoms with Gasteiger partial charge in [0, 0.05) is 6.07 Å². The average molecular weight is 280 g/mol. The molecule has 0 bridgehead atoms. The van der Waals surface area contributed by atoms with Gasteiger partial charge < -0.3 is 10.6 Å². The molecule has 7 nitrogen and oxygen atoms in total. The number of amides is 1. The Balaban J connectivity index is 2.52. The molecule has 0 radical (unpaired) electrons. The van der Waals surface area contributed by atoms with E-state index in [1.54, 1.807) is 12.1 Å². The number of anilines is 1. The molecule has 0 heterocycles. The van der Waals surface area contributed by atoms with Gasteiger partial charge in [-0.15, -0.1) is 0 Å². The lowest BCUT2D eigenvalue weighted by Gasteiger charge is -2.16. The van der Waals surface area contributed by atoms with Gasteiger partial charge >= 0.3 is 0 Å². The largest absolute Gasteiger partial charge is 0.320 e. The van der Waals surface area contributed by atoms with Gasteiger partial charge in [0.25, 0.3) is 5.69 Å². The van der Waals surface area contributed by atoms with Gasteiger partial charge in [-0.1, -0.05) is 12.1 Å². The number of hydrogen-bond donors (Lipinski definition) is 2. The maximum absolute atomic E-state index is 11.8. The van der Waals surface area contributed by atoms with Crippen molar-refractivity contribution in [1.29, 1.82) is 0 Å². The molecule has 0 aliphatic rings. The van der Waals surface area contributed by atoms with Gasteiger partial charge in [0.05, 0.1) is 11.5 Å². The summed E-state index contributed by atoms with van der Waals surface area (Å²) in [4.78, 5) is 24.0. The summed E-state index contributed by atoms with van der Waals surface area (Å²) in [6.07, 6.45) is 0.936. The second kappa shape index (κ2) is 8.23. The smallest absolute Gasteiger partial charge is 0.292 e. The normalized spacial score (nSPS) is 10.6. The molecule has 0 saturated heterocycles. The van der Waals surface area contributed by atoms with Crippen LogP contribution < -0.4 is 10.6 Å². The Morgan fingerprint density at radius 2 is 2.10 bits per heavy atom. The first-order chi connectivity index (χ1) is 9.54. The van der Waals surface area contributed by atoms with Crippen molar-refractivity contribution < 1.29 is 9.72 Å². The SMILES string of the molecule is CNCCCN(C)CC(=O)Nc1ccccc1[N+](=O)[O-]. The van der Waals surface area contributed by atoms with Crippen LogP contribution >= 0.6 is 0 Å². The van der Waals surface area contributed by atoms with Crippen LogP contribution in [0.5, 0.6) is 0 Å². The fourth-order valence-electron chi connectivity index (χ4n) is 1.78. The lowest BCUT2D eigenvalue weighted by Crippen LogP contribution is -2.32. The molecule has 1 aromatic rings. The van der Waals surface area contributed by atoms with E-state index >= 15 is 0 Å². The molecule has 20 heavy (non-hydrogen) atoms. The van der Waals surface area contributed by atoms with Crippen molar-refractivity contribution in [3.05, 3.63) is 34.4 Å². The number of nitrogens with zero attached hydrogens (tertiary/aromatic N) is 2. The minimum Gasteiger partial charge on any atom is -0.320 e. The van der Waals surface area contributed by atoms with Crippen LogP contribution in [-0.4, -0.2) is 49.5 Å². The number of nitro groups is 1. The number of carbonyl (C=O) groups is 1. The molecule has 1 rings (SSSR count). The minimum atomic E-state index is -0.508. The molecular weight excluding hydrogens is 260 g/mol. The zero-order valence-electron chi connectivity index (χ0n) is 11.8. The summed E-state index contributed by atoms with van der Waals surface area (Å²) in [6, 6.07) is 6.11. The predicted octanol–water partition coefficient (Wildman–Crippen LogP) is 1.07. The molecule has 0 aromatic heterocycles. The van der Waals surface area contributed by atoms with Gasteiger partial charge in [-0.25, -0.2) is 0 Å². The van der Waals surface area contributed by atoms with Crippen molar-refractivity contribution in [2.24, 2.45) is 0 Å². The Morgan fingerprint density at radius 3 is 2.75 bits per heavy atom. The quantitative estimate of drug-likeness (QED) is 0.422. The number of carbonyl (C=O) groups excluding carboxylic acids is 1. The van der Waals surface area contributed by atoms with Gasteiger partial charge in [-0.2, -0.15) is 0 Å². The van der Waals surface area contributed by atoms with Crippen molar-refractivity contribution in [3.8, 4) is 0 Å². The van der Waals surface area contributed by atoms with E-state index in [1.165, 1.54) is 12.1 Å². The Morgan fingerprint density at radius 1 is 1.40 bits per heavy atom. The Labute approximate surface area is 118 Å². The third-order valence-electron chi connectivity index (χ3n) is 2.75. The monoisotopic (exact) mass is 280 g/mol.